The normalized spacial score (nSPS) is 17.4. The Hall–Kier alpha value is -4.02. The van der Waals surface area contributed by atoms with E-state index in [1.807, 2.05) is 10.2 Å². The van der Waals surface area contributed by atoms with Crippen molar-refractivity contribution in [2.24, 2.45) is 12.5 Å². The van der Waals surface area contributed by atoms with Gasteiger partial charge in [0.1, 0.15) is 6.33 Å². The molecule has 3 heterocycles. The fourth-order valence-electron chi connectivity index (χ4n) is 4.68. The van der Waals surface area contributed by atoms with Crippen molar-refractivity contribution in [2.75, 3.05) is 32.5 Å². The zero-order valence-electron chi connectivity index (χ0n) is 22.5. The number of amides is 2. The number of para-hydroxylation sites is 1. The molecule has 2 aromatic heterocycles. The number of nitrogens with zero attached hydrogens (tertiary/aromatic N) is 6. The average molecular weight is 480 g/mol. The fourth-order valence-corrected chi connectivity index (χ4v) is 4.68. The van der Waals surface area contributed by atoms with Crippen LogP contribution >= 0.6 is 0 Å². The fraction of sp³-hybridized carbons (Fsp3) is 0.417. The SMILES string of the molecule is [2H]C([2H])([2H])NC(=O)c1nnc(CC(=O)N2CC3(CCC3)C2)cc1Nc1cccc(-c2ncn(C)n2)c1OC. The smallest absolute Gasteiger partial charge is 0.273 e. The summed E-state index contributed by atoms with van der Waals surface area (Å²) in [7, 11) is 3.24. The minimum atomic E-state index is -2.72. The van der Waals surface area contributed by atoms with Crippen molar-refractivity contribution in [1.82, 2.24) is 35.2 Å². The van der Waals surface area contributed by atoms with Crippen molar-refractivity contribution in [2.45, 2.75) is 25.7 Å². The van der Waals surface area contributed by atoms with Gasteiger partial charge in [0.15, 0.2) is 17.3 Å². The van der Waals surface area contributed by atoms with Gasteiger partial charge in [-0.25, -0.2) is 4.98 Å². The number of carbonyl (C=O) groups excluding carboxylic acids is 2. The molecule has 35 heavy (non-hydrogen) atoms. The molecule has 0 atom stereocenters. The van der Waals surface area contributed by atoms with Crippen molar-refractivity contribution in [3.05, 3.63) is 42.0 Å². The van der Waals surface area contributed by atoms with E-state index < -0.39 is 12.9 Å². The summed E-state index contributed by atoms with van der Waals surface area (Å²) < 4.78 is 29.4. The van der Waals surface area contributed by atoms with Crippen molar-refractivity contribution in [3.63, 3.8) is 0 Å². The summed E-state index contributed by atoms with van der Waals surface area (Å²) in [5.74, 6) is -0.162. The van der Waals surface area contributed by atoms with Crippen LogP contribution in [0.4, 0.5) is 11.4 Å². The maximum Gasteiger partial charge on any atom is 0.273 e. The van der Waals surface area contributed by atoms with Crippen LogP contribution in [-0.2, 0) is 18.3 Å². The molecule has 1 spiro atoms. The number of hydrogen-bond donors (Lipinski definition) is 2. The van der Waals surface area contributed by atoms with Crippen molar-refractivity contribution < 1.29 is 18.4 Å². The number of hydrogen-bond acceptors (Lipinski definition) is 8. The highest BCUT2D eigenvalue weighted by Gasteiger charge is 2.48. The van der Waals surface area contributed by atoms with E-state index in [4.69, 9.17) is 8.85 Å². The van der Waals surface area contributed by atoms with E-state index in [1.54, 1.807) is 36.3 Å². The molecule has 1 aromatic carbocycles. The molecule has 182 valence electrons. The van der Waals surface area contributed by atoms with Crippen LogP contribution in [-0.4, -0.2) is 68.9 Å². The van der Waals surface area contributed by atoms with Crippen LogP contribution in [0.1, 0.15) is 39.6 Å². The van der Waals surface area contributed by atoms with Gasteiger partial charge in [0.05, 0.1) is 36.2 Å². The minimum absolute atomic E-state index is 0.00790. The molecule has 2 fully saturated rings. The summed E-state index contributed by atoms with van der Waals surface area (Å²) in [4.78, 5) is 31.7. The Morgan fingerprint density at radius 2 is 2.06 bits per heavy atom. The number of ether oxygens (including phenoxy) is 1. The van der Waals surface area contributed by atoms with Crippen molar-refractivity contribution in [3.8, 4) is 17.1 Å². The standard InChI is InChI=1S/C24H28N8O3/c1-25-23(34)20-18(10-15(28-29-20)11-19(33)32-12-24(13-32)8-5-9-24)27-17-7-4-6-16(21(17)35-3)22-26-14-31(2)30-22/h4,6-7,10,14H,5,8-9,11-13H2,1-3H3,(H,25,34)(H,27,28)/i1D3. The molecule has 0 bridgehead atoms. The predicted octanol–water partition coefficient (Wildman–Crippen LogP) is 1.94. The lowest BCUT2D eigenvalue weighted by Gasteiger charge is -2.55. The Morgan fingerprint density at radius 3 is 2.71 bits per heavy atom. The molecule has 3 aromatic rings. The number of carbonyl (C=O) groups is 2. The summed E-state index contributed by atoms with van der Waals surface area (Å²) >= 11 is 0. The molecule has 1 aliphatic carbocycles. The Kier molecular flexibility index (Phi) is 4.95. The lowest BCUT2D eigenvalue weighted by molar-refractivity contribution is -0.148. The highest BCUT2D eigenvalue weighted by molar-refractivity contribution is 5.98. The summed E-state index contributed by atoms with van der Waals surface area (Å²) in [5.41, 5.74) is 1.65. The molecular formula is C24H28N8O3. The van der Waals surface area contributed by atoms with Gasteiger partial charge in [-0.2, -0.15) is 10.2 Å². The molecule has 2 amide bonds. The van der Waals surface area contributed by atoms with Gasteiger partial charge in [0.25, 0.3) is 5.91 Å². The van der Waals surface area contributed by atoms with Crippen molar-refractivity contribution >= 4 is 23.2 Å². The second-order valence-electron chi connectivity index (χ2n) is 9.09. The monoisotopic (exact) mass is 479 g/mol. The van der Waals surface area contributed by atoms with Gasteiger partial charge >= 0.3 is 0 Å². The van der Waals surface area contributed by atoms with Crippen LogP contribution in [0.2, 0.25) is 0 Å². The van der Waals surface area contributed by atoms with Gasteiger partial charge in [0.2, 0.25) is 5.91 Å². The molecule has 0 unspecified atom stereocenters. The van der Waals surface area contributed by atoms with Crippen molar-refractivity contribution in [1.29, 1.82) is 0 Å². The van der Waals surface area contributed by atoms with E-state index >= 15 is 0 Å². The second kappa shape index (κ2) is 8.97. The second-order valence-corrected chi connectivity index (χ2v) is 9.09. The van der Waals surface area contributed by atoms with E-state index in [1.165, 1.54) is 19.6 Å². The van der Waals surface area contributed by atoms with Crippen LogP contribution < -0.4 is 15.4 Å². The van der Waals surface area contributed by atoms with E-state index in [2.05, 4.69) is 25.6 Å². The maximum atomic E-state index is 12.9. The highest BCUT2D eigenvalue weighted by Crippen LogP contribution is 2.48. The quantitative estimate of drug-likeness (QED) is 0.526. The Morgan fingerprint density at radius 1 is 1.23 bits per heavy atom. The third kappa shape index (κ3) is 4.29. The highest BCUT2D eigenvalue weighted by atomic mass is 16.5. The number of anilines is 2. The van der Waals surface area contributed by atoms with Gasteiger partial charge in [-0.05, 0) is 31.0 Å². The molecule has 1 saturated heterocycles. The molecule has 11 heteroatoms. The predicted molar refractivity (Wildman–Crippen MR) is 128 cm³/mol. The average Bonchev–Trinajstić information content (AvgIpc) is 3.22. The van der Waals surface area contributed by atoms with E-state index in [9.17, 15) is 9.59 Å². The molecule has 1 saturated carbocycles. The number of aromatic nitrogens is 5. The summed E-state index contributed by atoms with van der Waals surface area (Å²) in [6.45, 7) is -1.20. The van der Waals surface area contributed by atoms with Crippen LogP contribution in [0, 0.1) is 5.41 Å². The number of likely N-dealkylation sites (tertiary alicyclic amines) is 1. The topological polar surface area (TPSA) is 127 Å². The lowest BCUT2D eigenvalue weighted by atomic mass is 9.63. The number of aryl methyl sites for hydroxylation is 1. The van der Waals surface area contributed by atoms with E-state index in [0.717, 1.165) is 25.9 Å². The minimum Gasteiger partial charge on any atom is -0.494 e. The van der Waals surface area contributed by atoms with Crippen LogP contribution in [0.5, 0.6) is 5.75 Å². The summed E-state index contributed by atoms with van der Waals surface area (Å²) in [5, 5.41) is 17.4. The van der Waals surface area contributed by atoms with Crippen LogP contribution in [0.15, 0.2) is 30.6 Å². The Balaban J connectivity index is 1.44. The molecule has 2 aliphatic rings. The Bertz CT molecular complexity index is 1380. The summed E-state index contributed by atoms with van der Waals surface area (Å²) in [6.07, 6.45) is 5.10. The number of rotatable bonds is 7. The van der Waals surface area contributed by atoms with Crippen LogP contribution in [0.25, 0.3) is 11.4 Å². The Labute approximate surface area is 207 Å². The van der Waals surface area contributed by atoms with Gasteiger partial charge < -0.3 is 20.3 Å². The maximum absolute atomic E-state index is 12.9. The first kappa shape index (κ1) is 19.3. The first-order valence-corrected chi connectivity index (χ1v) is 11.3. The molecule has 2 N–H and O–H groups in total. The van der Waals surface area contributed by atoms with Gasteiger partial charge in [0, 0.05) is 36.6 Å². The van der Waals surface area contributed by atoms with Gasteiger partial charge in [-0.15, -0.1) is 5.10 Å². The molecule has 0 radical (unpaired) electrons. The van der Waals surface area contributed by atoms with Gasteiger partial charge in [-0.1, -0.05) is 12.5 Å². The number of methoxy groups -OCH3 is 1. The number of benzene rings is 1. The third-order valence-corrected chi connectivity index (χ3v) is 6.65. The zero-order valence-corrected chi connectivity index (χ0v) is 19.5. The zero-order chi connectivity index (χ0) is 27.1. The van der Waals surface area contributed by atoms with Crippen LogP contribution in [0.3, 0.4) is 0 Å². The third-order valence-electron chi connectivity index (χ3n) is 6.65. The molecule has 5 rings (SSSR count). The van der Waals surface area contributed by atoms with E-state index in [0.29, 0.717) is 33.9 Å². The largest absolute Gasteiger partial charge is 0.494 e. The molecule has 11 nitrogen and oxygen atoms in total. The molecule has 1 aliphatic heterocycles. The first-order chi connectivity index (χ1) is 18.1. The van der Waals surface area contributed by atoms with Gasteiger partial charge in [-0.3, -0.25) is 14.3 Å². The first-order valence-electron chi connectivity index (χ1n) is 12.8. The summed E-state index contributed by atoms with van der Waals surface area (Å²) in [6, 6.07) is 6.81. The molecular weight excluding hydrogens is 448 g/mol. The van der Waals surface area contributed by atoms with E-state index in [-0.39, 0.29) is 23.7 Å². The number of nitrogens with one attached hydrogen (secondary N) is 2. The lowest BCUT2D eigenvalue weighted by Crippen LogP contribution is -2.61.